The monoisotopic (exact) mass is 489 g/mol. The molecule has 0 unspecified atom stereocenters. The van der Waals surface area contributed by atoms with Crippen LogP contribution in [0.25, 0.3) is 11.0 Å². The molecule has 0 aliphatic rings. The predicted octanol–water partition coefficient (Wildman–Crippen LogP) is 2.16. The lowest BCUT2D eigenvalue weighted by Gasteiger charge is -2.10. The Labute approximate surface area is 184 Å². The van der Waals surface area contributed by atoms with Gasteiger partial charge in [0, 0.05) is 17.1 Å². The van der Waals surface area contributed by atoms with Crippen molar-refractivity contribution in [2.75, 3.05) is 5.73 Å². The molecule has 0 saturated heterocycles. The molecule has 0 saturated carbocycles. The number of nitrogens with zero attached hydrogens (tertiary/aromatic N) is 6. The van der Waals surface area contributed by atoms with Gasteiger partial charge >= 0.3 is 0 Å². The topological polar surface area (TPSA) is 125 Å². The zero-order valence-electron chi connectivity index (χ0n) is 15.7. The highest BCUT2D eigenvalue weighted by atomic mass is 79.9. The van der Waals surface area contributed by atoms with Crippen LogP contribution in [0.15, 0.2) is 45.8 Å². The van der Waals surface area contributed by atoms with E-state index in [1.54, 1.807) is 10.9 Å². The molecular formula is C19H17BrClN7O2. The Morgan fingerprint density at radius 2 is 2.00 bits per heavy atom. The number of aromatic nitrogens is 6. The Kier molecular flexibility index (Phi) is 5.80. The number of aliphatic hydroxyl groups is 1. The average molecular weight is 491 g/mol. The maximum Gasteiger partial charge on any atom is 0.266 e. The van der Waals surface area contributed by atoms with Crippen LogP contribution in [0.3, 0.4) is 0 Å². The second-order valence-electron chi connectivity index (χ2n) is 6.64. The molecule has 4 aromatic rings. The minimum Gasteiger partial charge on any atom is -0.390 e. The summed E-state index contributed by atoms with van der Waals surface area (Å²) in [5.41, 5.74) is 8.70. The van der Waals surface area contributed by atoms with Gasteiger partial charge in [-0.05, 0) is 41.3 Å². The van der Waals surface area contributed by atoms with E-state index < -0.39 is 0 Å². The van der Waals surface area contributed by atoms with E-state index in [0.29, 0.717) is 36.2 Å². The third kappa shape index (κ3) is 4.20. The van der Waals surface area contributed by atoms with Crippen molar-refractivity contribution in [3.63, 3.8) is 0 Å². The molecule has 4 rings (SSSR count). The summed E-state index contributed by atoms with van der Waals surface area (Å²) in [6.45, 7) is 0.642. The van der Waals surface area contributed by atoms with Crippen LogP contribution in [0, 0.1) is 0 Å². The quantitative estimate of drug-likeness (QED) is 0.397. The van der Waals surface area contributed by atoms with Crippen molar-refractivity contribution >= 4 is 44.4 Å². The molecule has 154 valence electrons. The summed E-state index contributed by atoms with van der Waals surface area (Å²) >= 11 is 9.50. The summed E-state index contributed by atoms with van der Waals surface area (Å²) in [4.78, 5) is 20.2. The summed E-state index contributed by atoms with van der Waals surface area (Å²) in [5.74, 6) is 0.288. The highest BCUT2D eigenvalue weighted by Gasteiger charge is 2.12. The second kappa shape index (κ2) is 8.50. The molecule has 0 spiro atoms. The molecule has 0 radical (unpaired) electrons. The first-order valence-corrected chi connectivity index (χ1v) is 10.2. The molecular weight excluding hydrogens is 474 g/mol. The summed E-state index contributed by atoms with van der Waals surface area (Å²) in [5, 5.41) is 18.5. The first-order valence-electron chi connectivity index (χ1n) is 9.04. The molecule has 0 fully saturated rings. The van der Waals surface area contributed by atoms with Crippen LogP contribution in [0.5, 0.6) is 0 Å². The number of benzene rings is 1. The van der Waals surface area contributed by atoms with Crippen molar-refractivity contribution in [1.29, 1.82) is 0 Å². The van der Waals surface area contributed by atoms with Gasteiger partial charge in [-0.15, -0.1) is 0 Å². The lowest BCUT2D eigenvalue weighted by Crippen LogP contribution is -2.24. The van der Waals surface area contributed by atoms with Gasteiger partial charge in [0.05, 0.1) is 30.4 Å². The molecule has 30 heavy (non-hydrogen) atoms. The van der Waals surface area contributed by atoms with Gasteiger partial charge in [-0.3, -0.25) is 4.79 Å². The number of anilines is 1. The van der Waals surface area contributed by atoms with E-state index in [4.69, 9.17) is 17.3 Å². The van der Waals surface area contributed by atoms with E-state index in [9.17, 15) is 9.90 Å². The van der Waals surface area contributed by atoms with Crippen molar-refractivity contribution in [1.82, 2.24) is 29.5 Å². The molecule has 0 atom stereocenters. The number of nitrogen functional groups attached to an aromatic ring is 1. The number of aliphatic hydroxyl groups excluding tert-OH is 1. The fraction of sp³-hybridized carbons (Fsp3) is 0.211. The highest BCUT2D eigenvalue weighted by Crippen LogP contribution is 2.23. The number of fused-ring (bicyclic) bond motifs is 1. The van der Waals surface area contributed by atoms with Crippen molar-refractivity contribution in [3.8, 4) is 0 Å². The van der Waals surface area contributed by atoms with E-state index >= 15 is 0 Å². The maximum absolute atomic E-state index is 12.0. The van der Waals surface area contributed by atoms with E-state index in [1.165, 1.54) is 16.8 Å². The molecule has 0 aliphatic carbocycles. The molecule has 11 heteroatoms. The van der Waals surface area contributed by atoms with Crippen molar-refractivity contribution < 1.29 is 5.11 Å². The summed E-state index contributed by atoms with van der Waals surface area (Å²) in [6, 6.07) is 8.89. The van der Waals surface area contributed by atoms with Crippen LogP contribution in [0.1, 0.15) is 16.8 Å². The largest absolute Gasteiger partial charge is 0.390 e. The average Bonchev–Trinajstić information content (AvgIpc) is 3.12. The number of aryl methyl sites for hydroxylation is 2. The SMILES string of the molecule is Nc1nc(Cl)nc2c1cnn2Cc1ccc(Br)c(CCn2nc(CO)ccc2=O)c1. The summed E-state index contributed by atoms with van der Waals surface area (Å²) in [6.07, 6.45) is 2.20. The van der Waals surface area contributed by atoms with E-state index in [1.807, 2.05) is 18.2 Å². The Bertz CT molecular complexity index is 1290. The van der Waals surface area contributed by atoms with Crippen molar-refractivity contribution in [3.05, 3.63) is 73.5 Å². The second-order valence-corrected chi connectivity index (χ2v) is 7.83. The van der Waals surface area contributed by atoms with E-state index in [-0.39, 0.29) is 23.3 Å². The summed E-state index contributed by atoms with van der Waals surface area (Å²) in [7, 11) is 0. The molecule has 1 aromatic carbocycles. The number of rotatable bonds is 6. The van der Waals surface area contributed by atoms with Gasteiger partial charge in [0.2, 0.25) is 5.28 Å². The number of hydrogen-bond donors (Lipinski definition) is 2. The van der Waals surface area contributed by atoms with Gasteiger partial charge in [-0.2, -0.15) is 15.2 Å². The van der Waals surface area contributed by atoms with Crippen molar-refractivity contribution in [2.24, 2.45) is 0 Å². The van der Waals surface area contributed by atoms with Gasteiger partial charge in [0.25, 0.3) is 5.56 Å². The van der Waals surface area contributed by atoms with Crippen LogP contribution in [-0.4, -0.2) is 34.6 Å². The fourth-order valence-electron chi connectivity index (χ4n) is 3.12. The van der Waals surface area contributed by atoms with Gasteiger partial charge in [0.1, 0.15) is 5.82 Å². The van der Waals surface area contributed by atoms with Crippen LogP contribution in [0.2, 0.25) is 5.28 Å². The highest BCUT2D eigenvalue weighted by molar-refractivity contribution is 9.10. The smallest absolute Gasteiger partial charge is 0.266 e. The lowest BCUT2D eigenvalue weighted by atomic mass is 10.1. The van der Waals surface area contributed by atoms with Crippen LogP contribution < -0.4 is 11.3 Å². The van der Waals surface area contributed by atoms with Gasteiger partial charge < -0.3 is 10.8 Å². The van der Waals surface area contributed by atoms with Crippen LogP contribution in [-0.2, 0) is 26.1 Å². The zero-order chi connectivity index (χ0) is 21.3. The van der Waals surface area contributed by atoms with Crippen LogP contribution >= 0.6 is 27.5 Å². The molecule has 3 aromatic heterocycles. The number of hydrogen-bond acceptors (Lipinski definition) is 7. The van der Waals surface area contributed by atoms with Crippen LogP contribution in [0.4, 0.5) is 5.82 Å². The Hall–Kier alpha value is -2.82. The van der Waals surface area contributed by atoms with Gasteiger partial charge in [-0.25, -0.2) is 14.3 Å². The van der Waals surface area contributed by atoms with Gasteiger partial charge in [-0.1, -0.05) is 28.1 Å². The molecule has 0 amide bonds. The predicted molar refractivity (Wildman–Crippen MR) is 116 cm³/mol. The first-order chi connectivity index (χ1) is 14.4. The normalized spacial score (nSPS) is 11.3. The molecule has 9 nitrogen and oxygen atoms in total. The molecule has 3 N–H and O–H groups in total. The van der Waals surface area contributed by atoms with E-state index in [0.717, 1.165) is 15.6 Å². The fourth-order valence-corrected chi connectivity index (χ4v) is 3.73. The molecule has 3 heterocycles. The standard InChI is InChI=1S/C19H17BrClN7O2/c20-15-3-1-11(9-28-18-14(8-23-28)17(22)24-19(21)25-18)7-12(15)5-6-27-16(30)4-2-13(10-29)26-27/h1-4,7-8,29H,5-6,9-10H2,(H2,22,24,25). The maximum atomic E-state index is 12.0. The number of halogens is 2. The minimum atomic E-state index is -0.213. The first kappa shape index (κ1) is 20.5. The Morgan fingerprint density at radius 3 is 2.80 bits per heavy atom. The van der Waals surface area contributed by atoms with Crippen molar-refractivity contribution in [2.45, 2.75) is 26.1 Å². The summed E-state index contributed by atoms with van der Waals surface area (Å²) < 4.78 is 3.99. The lowest BCUT2D eigenvalue weighted by molar-refractivity contribution is 0.272. The third-order valence-corrected chi connectivity index (χ3v) is 5.56. The third-order valence-electron chi connectivity index (χ3n) is 4.62. The minimum absolute atomic E-state index is 0.0706. The molecule has 0 aliphatic heterocycles. The number of nitrogens with two attached hydrogens (primary N) is 1. The van der Waals surface area contributed by atoms with E-state index in [2.05, 4.69) is 36.1 Å². The molecule has 0 bridgehead atoms. The Balaban J connectivity index is 1.58. The van der Waals surface area contributed by atoms with Gasteiger partial charge in [0.15, 0.2) is 5.65 Å². The zero-order valence-corrected chi connectivity index (χ0v) is 18.0. The Morgan fingerprint density at radius 1 is 1.17 bits per heavy atom.